The van der Waals surface area contributed by atoms with E-state index in [4.69, 9.17) is 15.7 Å². The maximum absolute atomic E-state index is 11.3. The number of ether oxygens (including phenoxy) is 1. The van der Waals surface area contributed by atoms with Gasteiger partial charge in [0.25, 0.3) is 0 Å². The molecular formula is C14H22N4O3. The van der Waals surface area contributed by atoms with E-state index >= 15 is 0 Å². The summed E-state index contributed by atoms with van der Waals surface area (Å²) >= 11 is 0. The lowest BCUT2D eigenvalue weighted by atomic mass is 10.2. The Morgan fingerprint density at radius 3 is 2.67 bits per heavy atom. The SMILES string of the molecule is CCCNC(=O)CNCCOc1ccc(C(N)=NO)cc1. The average molecular weight is 294 g/mol. The highest BCUT2D eigenvalue weighted by Crippen LogP contribution is 2.11. The minimum absolute atomic E-state index is 0.0139. The summed E-state index contributed by atoms with van der Waals surface area (Å²) in [4.78, 5) is 11.3. The molecule has 0 saturated carbocycles. The van der Waals surface area contributed by atoms with Crippen LogP contribution in [0.3, 0.4) is 0 Å². The molecule has 1 aromatic rings. The van der Waals surface area contributed by atoms with Gasteiger partial charge < -0.3 is 26.3 Å². The Bertz CT molecular complexity index is 460. The van der Waals surface area contributed by atoms with E-state index in [1.54, 1.807) is 24.3 Å². The van der Waals surface area contributed by atoms with Crippen LogP contribution in [0, 0.1) is 0 Å². The van der Waals surface area contributed by atoms with Crippen LogP contribution in [-0.2, 0) is 4.79 Å². The second-order valence-electron chi connectivity index (χ2n) is 4.38. The first kappa shape index (κ1) is 16.8. The van der Waals surface area contributed by atoms with Gasteiger partial charge in [0.15, 0.2) is 5.84 Å². The molecule has 21 heavy (non-hydrogen) atoms. The number of rotatable bonds is 9. The van der Waals surface area contributed by atoms with Crippen molar-refractivity contribution >= 4 is 11.7 Å². The predicted octanol–water partition coefficient (Wildman–Crippen LogP) is 0.276. The zero-order chi connectivity index (χ0) is 15.5. The summed E-state index contributed by atoms with van der Waals surface area (Å²) in [6, 6.07) is 6.88. The normalized spacial score (nSPS) is 11.2. The quantitative estimate of drug-likeness (QED) is 0.172. The third-order valence-electron chi connectivity index (χ3n) is 2.66. The summed E-state index contributed by atoms with van der Waals surface area (Å²) in [5, 5.41) is 17.2. The molecule has 0 aliphatic carbocycles. The van der Waals surface area contributed by atoms with E-state index < -0.39 is 0 Å². The molecule has 0 aliphatic heterocycles. The van der Waals surface area contributed by atoms with Gasteiger partial charge in [0, 0.05) is 18.7 Å². The Hall–Kier alpha value is -2.28. The van der Waals surface area contributed by atoms with Crippen LogP contribution in [-0.4, -0.2) is 43.2 Å². The largest absolute Gasteiger partial charge is 0.492 e. The first-order valence-electron chi connectivity index (χ1n) is 6.85. The van der Waals surface area contributed by atoms with Crippen molar-refractivity contribution in [1.29, 1.82) is 0 Å². The van der Waals surface area contributed by atoms with Gasteiger partial charge >= 0.3 is 0 Å². The van der Waals surface area contributed by atoms with Gasteiger partial charge in [0.05, 0.1) is 6.54 Å². The molecule has 7 heteroatoms. The first-order chi connectivity index (χ1) is 10.2. The fourth-order valence-corrected chi connectivity index (χ4v) is 1.55. The Morgan fingerprint density at radius 1 is 1.33 bits per heavy atom. The fourth-order valence-electron chi connectivity index (χ4n) is 1.55. The van der Waals surface area contributed by atoms with E-state index in [1.165, 1.54) is 0 Å². The molecular weight excluding hydrogens is 272 g/mol. The molecule has 0 aromatic heterocycles. The molecule has 0 radical (unpaired) electrons. The van der Waals surface area contributed by atoms with Crippen molar-refractivity contribution in [3.05, 3.63) is 29.8 Å². The fraction of sp³-hybridized carbons (Fsp3) is 0.429. The number of benzene rings is 1. The second-order valence-corrected chi connectivity index (χ2v) is 4.38. The van der Waals surface area contributed by atoms with Crippen LogP contribution in [0.2, 0.25) is 0 Å². The zero-order valence-electron chi connectivity index (χ0n) is 12.1. The van der Waals surface area contributed by atoms with Crippen molar-refractivity contribution in [1.82, 2.24) is 10.6 Å². The first-order valence-corrected chi connectivity index (χ1v) is 6.85. The lowest BCUT2D eigenvalue weighted by Gasteiger charge is -2.08. The maximum atomic E-state index is 11.3. The highest BCUT2D eigenvalue weighted by molar-refractivity contribution is 5.97. The summed E-state index contributed by atoms with van der Waals surface area (Å²) in [6.45, 7) is 4.01. The van der Waals surface area contributed by atoms with Crippen LogP contribution in [0.1, 0.15) is 18.9 Å². The van der Waals surface area contributed by atoms with Crippen LogP contribution >= 0.6 is 0 Å². The number of hydrogen-bond acceptors (Lipinski definition) is 5. The molecule has 1 amide bonds. The van der Waals surface area contributed by atoms with E-state index in [0.29, 0.717) is 31.0 Å². The van der Waals surface area contributed by atoms with Gasteiger partial charge in [-0.15, -0.1) is 0 Å². The highest BCUT2D eigenvalue weighted by Gasteiger charge is 2.01. The van der Waals surface area contributed by atoms with Crippen molar-refractivity contribution in [2.24, 2.45) is 10.9 Å². The molecule has 7 nitrogen and oxygen atoms in total. The number of carbonyl (C=O) groups is 1. The molecule has 0 bridgehead atoms. The summed E-state index contributed by atoms with van der Waals surface area (Å²) in [5.41, 5.74) is 6.08. The van der Waals surface area contributed by atoms with Crippen LogP contribution in [0.5, 0.6) is 5.75 Å². The zero-order valence-corrected chi connectivity index (χ0v) is 12.1. The van der Waals surface area contributed by atoms with Crippen LogP contribution < -0.4 is 21.1 Å². The summed E-state index contributed by atoms with van der Waals surface area (Å²) < 4.78 is 5.50. The smallest absolute Gasteiger partial charge is 0.233 e. The molecule has 0 aliphatic rings. The van der Waals surface area contributed by atoms with Gasteiger partial charge in [-0.1, -0.05) is 12.1 Å². The molecule has 0 spiro atoms. The number of nitrogens with one attached hydrogen (secondary N) is 2. The van der Waals surface area contributed by atoms with Gasteiger partial charge in [-0.25, -0.2) is 0 Å². The average Bonchev–Trinajstić information content (AvgIpc) is 2.52. The number of nitrogens with two attached hydrogens (primary N) is 1. The predicted molar refractivity (Wildman–Crippen MR) is 80.6 cm³/mol. The van der Waals surface area contributed by atoms with Crippen molar-refractivity contribution in [3.8, 4) is 5.75 Å². The van der Waals surface area contributed by atoms with Crippen LogP contribution in [0.4, 0.5) is 0 Å². The van der Waals surface area contributed by atoms with Gasteiger partial charge in [-0.05, 0) is 30.7 Å². The van der Waals surface area contributed by atoms with E-state index in [9.17, 15) is 4.79 Å². The number of amidine groups is 1. The third-order valence-corrected chi connectivity index (χ3v) is 2.66. The summed E-state index contributed by atoms with van der Waals surface area (Å²) in [7, 11) is 0. The van der Waals surface area contributed by atoms with Crippen molar-refractivity contribution < 1.29 is 14.7 Å². The maximum Gasteiger partial charge on any atom is 0.233 e. The van der Waals surface area contributed by atoms with Crippen molar-refractivity contribution in [2.45, 2.75) is 13.3 Å². The second kappa shape index (κ2) is 9.60. The van der Waals surface area contributed by atoms with E-state index in [2.05, 4.69) is 15.8 Å². The summed E-state index contributed by atoms with van der Waals surface area (Å²) in [5.74, 6) is 0.725. The molecule has 0 unspecified atom stereocenters. The number of nitrogens with zero attached hydrogens (tertiary/aromatic N) is 1. The molecule has 0 saturated heterocycles. The lowest BCUT2D eigenvalue weighted by molar-refractivity contribution is -0.120. The molecule has 0 heterocycles. The van der Waals surface area contributed by atoms with E-state index in [-0.39, 0.29) is 18.3 Å². The van der Waals surface area contributed by atoms with Gasteiger partial charge in [0.1, 0.15) is 12.4 Å². The van der Waals surface area contributed by atoms with Gasteiger partial charge in [-0.3, -0.25) is 4.79 Å². The Morgan fingerprint density at radius 2 is 2.05 bits per heavy atom. The van der Waals surface area contributed by atoms with Gasteiger partial charge in [-0.2, -0.15) is 0 Å². The molecule has 116 valence electrons. The van der Waals surface area contributed by atoms with Gasteiger partial charge in [0.2, 0.25) is 5.91 Å². The monoisotopic (exact) mass is 294 g/mol. The molecule has 1 rings (SSSR count). The number of oxime groups is 1. The standard InChI is InChI=1S/C14H22N4O3/c1-2-7-17-13(19)10-16-8-9-21-12-5-3-11(4-6-12)14(15)18-20/h3-6,16,20H,2,7-10H2,1H3,(H2,15,18)(H,17,19). The van der Waals surface area contributed by atoms with Crippen molar-refractivity contribution in [2.75, 3.05) is 26.2 Å². The molecule has 0 atom stereocenters. The number of carbonyl (C=O) groups excluding carboxylic acids is 1. The van der Waals surface area contributed by atoms with E-state index in [0.717, 1.165) is 6.42 Å². The van der Waals surface area contributed by atoms with E-state index in [1.807, 2.05) is 6.92 Å². The van der Waals surface area contributed by atoms with Crippen LogP contribution in [0.15, 0.2) is 29.4 Å². The third kappa shape index (κ3) is 6.62. The topological polar surface area (TPSA) is 109 Å². The Kier molecular flexibility index (Phi) is 7.67. The molecule has 1 aromatic carbocycles. The summed E-state index contributed by atoms with van der Waals surface area (Å²) in [6.07, 6.45) is 0.927. The Labute approximate surface area is 124 Å². The minimum atomic E-state index is -0.0139. The number of hydrogen-bond donors (Lipinski definition) is 4. The Balaban J connectivity index is 2.20. The van der Waals surface area contributed by atoms with Crippen molar-refractivity contribution in [3.63, 3.8) is 0 Å². The van der Waals surface area contributed by atoms with Crippen LogP contribution in [0.25, 0.3) is 0 Å². The lowest BCUT2D eigenvalue weighted by Crippen LogP contribution is -2.35. The minimum Gasteiger partial charge on any atom is -0.492 e. The molecule has 5 N–H and O–H groups in total. The highest BCUT2D eigenvalue weighted by atomic mass is 16.5. The number of amides is 1. The molecule has 0 fully saturated rings.